The molecule has 1 aromatic rings. The Balaban J connectivity index is 2.60. The molecule has 0 spiro atoms. The topological polar surface area (TPSA) is 56.1 Å². The van der Waals surface area contributed by atoms with Crippen LogP contribution in [0.5, 0.6) is 0 Å². The minimum Gasteiger partial charge on any atom is -0.345 e. The second-order valence-corrected chi connectivity index (χ2v) is 4.11. The summed E-state index contributed by atoms with van der Waals surface area (Å²) < 4.78 is 0. The molecule has 18 heavy (non-hydrogen) atoms. The average Bonchev–Trinajstić information content (AvgIpc) is 2.43. The number of nitrogens with zero attached hydrogens (tertiary/aromatic N) is 2. The van der Waals surface area contributed by atoms with Crippen molar-refractivity contribution in [3.05, 3.63) is 35.9 Å². The Kier molecular flexibility index (Phi) is 5.89. The summed E-state index contributed by atoms with van der Waals surface area (Å²) in [6, 6.07) is 11.8. The second kappa shape index (κ2) is 7.46. The largest absolute Gasteiger partial charge is 0.345 e. The van der Waals surface area contributed by atoms with Crippen LogP contribution in [-0.2, 0) is 4.79 Å². The fourth-order valence-corrected chi connectivity index (χ4v) is 1.61. The monoisotopic (exact) mass is 245 g/mol. The quantitative estimate of drug-likeness (QED) is 0.830. The lowest BCUT2D eigenvalue weighted by atomic mass is 10.0. The summed E-state index contributed by atoms with van der Waals surface area (Å²) in [4.78, 5) is 13.3. The van der Waals surface area contributed by atoms with Gasteiger partial charge < -0.3 is 10.2 Å². The summed E-state index contributed by atoms with van der Waals surface area (Å²) in [5.74, 6) is 0.0383. The fraction of sp³-hybridized carbons (Fsp3) is 0.429. The summed E-state index contributed by atoms with van der Waals surface area (Å²) in [6.45, 7) is 2.88. The molecular formula is C14H19N3O. The van der Waals surface area contributed by atoms with Crippen LogP contribution in [0.1, 0.15) is 24.9 Å². The van der Waals surface area contributed by atoms with Crippen molar-refractivity contribution < 1.29 is 4.79 Å². The Labute approximate surface area is 108 Å². The predicted molar refractivity (Wildman–Crippen MR) is 70.7 cm³/mol. The molecule has 0 bridgehead atoms. The van der Waals surface area contributed by atoms with Crippen LogP contribution in [0.3, 0.4) is 0 Å². The number of benzene rings is 1. The van der Waals surface area contributed by atoms with Gasteiger partial charge in [-0.15, -0.1) is 0 Å². The van der Waals surface area contributed by atoms with Crippen LogP contribution >= 0.6 is 0 Å². The van der Waals surface area contributed by atoms with Gasteiger partial charge in [-0.05, 0) is 12.5 Å². The third-order valence-corrected chi connectivity index (χ3v) is 2.90. The first-order chi connectivity index (χ1) is 8.69. The molecule has 0 saturated heterocycles. The first kappa shape index (κ1) is 14.2. The van der Waals surface area contributed by atoms with E-state index in [9.17, 15) is 4.79 Å². The van der Waals surface area contributed by atoms with Crippen LogP contribution in [0.25, 0.3) is 0 Å². The molecule has 1 N–H and O–H groups in total. The van der Waals surface area contributed by atoms with Gasteiger partial charge in [0.15, 0.2) is 0 Å². The van der Waals surface area contributed by atoms with Crippen molar-refractivity contribution >= 4 is 5.91 Å². The normalized spacial score (nSPS) is 11.6. The molecule has 0 aliphatic rings. The van der Waals surface area contributed by atoms with Crippen molar-refractivity contribution in [3.8, 4) is 6.07 Å². The lowest BCUT2D eigenvalue weighted by Gasteiger charge is -2.19. The average molecular weight is 245 g/mol. The smallest absolute Gasteiger partial charge is 0.236 e. The number of carbonyl (C=O) groups is 1. The maximum atomic E-state index is 11.7. The van der Waals surface area contributed by atoms with Crippen molar-refractivity contribution in [1.82, 2.24) is 10.2 Å². The van der Waals surface area contributed by atoms with Gasteiger partial charge in [-0.25, -0.2) is 0 Å². The minimum absolute atomic E-state index is 0.0383. The Morgan fingerprint density at radius 1 is 1.44 bits per heavy atom. The van der Waals surface area contributed by atoms with Crippen LogP contribution in [0.4, 0.5) is 0 Å². The van der Waals surface area contributed by atoms with Gasteiger partial charge in [0.1, 0.15) is 0 Å². The van der Waals surface area contributed by atoms with E-state index in [1.165, 1.54) is 0 Å². The second-order valence-electron chi connectivity index (χ2n) is 4.11. The first-order valence-electron chi connectivity index (χ1n) is 6.08. The van der Waals surface area contributed by atoms with Crippen LogP contribution in [0.2, 0.25) is 0 Å². The first-order valence-corrected chi connectivity index (χ1v) is 6.08. The number of amides is 1. The van der Waals surface area contributed by atoms with E-state index in [2.05, 4.69) is 11.4 Å². The zero-order chi connectivity index (χ0) is 13.4. The number of carbonyl (C=O) groups excluding carboxylic acids is 1. The Morgan fingerprint density at radius 3 is 2.67 bits per heavy atom. The Bertz CT molecular complexity index is 411. The highest BCUT2D eigenvalue weighted by molar-refractivity contribution is 5.77. The highest BCUT2D eigenvalue weighted by atomic mass is 16.2. The van der Waals surface area contributed by atoms with E-state index in [1.807, 2.05) is 37.3 Å². The highest BCUT2D eigenvalue weighted by Gasteiger charge is 2.13. The number of rotatable bonds is 6. The van der Waals surface area contributed by atoms with E-state index in [4.69, 9.17) is 5.26 Å². The summed E-state index contributed by atoms with van der Waals surface area (Å²) in [5.41, 5.74) is 1.03. The summed E-state index contributed by atoms with van der Waals surface area (Å²) >= 11 is 0. The molecule has 1 aromatic carbocycles. The van der Waals surface area contributed by atoms with Crippen LogP contribution in [0.15, 0.2) is 30.3 Å². The van der Waals surface area contributed by atoms with E-state index < -0.39 is 0 Å². The molecule has 0 aromatic heterocycles. The van der Waals surface area contributed by atoms with Gasteiger partial charge in [0.2, 0.25) is 5.91 Å². The molecule has 0 heterocycles. The standard InChI is InChI=1S/C14H19N3O/c1-3-17(2)14(18)11-16-13(9-10-15)12-7-5-4-6-8-12/h4-8,13,16H,3,9,11H2,1-2H3. The molecule has 1 amide bonds. The molecule has 4 nitrogen and oxygen atoms in total. The molecule has 4 heteroatoms. The molecule has 1 rings (SSSR count). The van der Waals surface area contributed by atoms with Crippen molar-refractivity contribution in [2.45, 2.75) is 19.4 Å². The zero-order valence-electron chi connectivity index (χ0n) is 10.9. The lowest BCUT2D eigenvalue weighted by Crippen LogP contribution is -2.36. The van der Waals surface area contributed by atoms with E-state index in [1.54, 1.807) is 11.9 Å². The van der Waals surface area contributed by atoms with Crippen LogP contribution in [0, 0.1) is 11.3 Å². The van der Waals surface area contributed by atoms with Gasteiger partial charge in [0.25, 0.3) is 0 Å². The molecule has 96 valence electrons. The van der Waals surface area contributed by atoms with Crippen molar-refractivity contribution in [2.75, 3.05) is 20.1 Å². The number of hydrogen-bond acceptors (Lipinski definition) is 3. The molecule has 0 fully saturated rings. The van der Waals surface area contributed by atoms with Crippen molar-refractivity contribution in [2.24, 2.45) is 0 Å². The molecular weight excluding hydrogens is 226 g/mol. The van der Waals surface area contributed by atoms with Crippen molar-refractivity contribution in [1.29, 1.82) is 5.26 Å². The molecule has 1 atom stereocenters. The Morgan fingerprint density at radius 2 is 2.11 bits per heavy atom. The number of hydrogen-bond donors (Lipinski definition) is 1. The number of nitrogens with one attached hydrogen (secondary N) is 1. The maximum Gasteiger partial charge on any atom is 0.236 e. The lowest BCUT2D eigenvalue weighted by molar-refractivity contribution is -0.128. The van der Waals surface area contributed by atoms with Gasteiger partial charge in [-0.2, -0.15) is 5.26 Å². The highest BCUT2D eigenvalue weighted by Crippen LogP contribution is 2.15. The third-order valence-electron chi connectivity index (χ3n) is 2.90. The van der Waals surface area contributed by atoms with E-state index >= 15 is 0 Å². The van der Waals surface area contributed by atoms with Crippen LogP contribution in [-0.4, -0.2) is 30.9 Å². The summed E-state index contributed by atoms with van der Waals surface area (Å²) in [6.07, 6.45) is 0.354. The molecule has 0 radical (unpaired) electrons. The summed E-state index contributed by atoms with van der Waals surface area (Å²) in [7, 11) is 1.77. The predicted octanol–water partition coefficient (Wildman–Crippen LogP) is 1.71. The molecule has 1 unspecified atom stereocenters. The van der Waals surface area contributed by atoms with Crippen molar-refractivity contribution in [3.63, 3.8) is 0 Å². The number of likely N-dealkylation sites (N-methyl/N-ethyl adjacent to an activating group) is 1. The van der Waals surface area contributed by atoms with Gasteiger partial charge in [-0.1, -0.05) is 30.3 Å². The third kappa shape index (κ3) is 4.19. The molecule has 0 aliphatic carbocycles. The maximum absolute atomic E-state index is 11.7. The van der Waals surface area contributed by atoms with E-state index in [-0.39, 0.29) is 18.5 Å². The van der Waals surface area contributed by atoms with Gasteiger partial charge in [0.05, 0.1) is 19.0 Å². The zero-order valence-corrected chi connectivity index (χ0v) is 10.9. The summed E-state index contributed by atoms with van der Waals surface area (Å²) in [5, 5.41) is 12.0. The van der Waals surface area contributed by atoms with E-state index in [0.29, 0.717) is 13.0 Å². The minimum atomic E-state index is -0.0922. The Hall–Kier alpha value is -1.86. The molecule has 0 aliphatic heterocycles. The SMILES string of the molecule is CCN(C)C(=O)CNC(CC#N)c1ccccc1. The van der Waals surface area contributed by atoms with Gasteiger partial charge in [-0.3, -0.25) is 4.79 Å². The fourth-order valence-electron chi connectivity index (χ4n) is 1.61. The van der Waals surface area contributed by atoms with E-state index in [0.717, 1.165) is 5.56 Å². The van der Waals surface area contributed by atoms with Crippen LogP contribution < -0.4 is 5.32 Å². The van der Waals surface area contributed by atoms with Gasteiger partial charge in [0, 0.05) is 19.6 Å². The molecule has 0 saturated carbocycles. The number of nitriles is 1. The van der Waals surface area contributed by atoms with Gasteiger partial charge >= 0.3 is 0 Å².